The van der Waals surface area contributed by atoms with Gasteiger partial charge in [0.05, 0.1) is 12.0 Å². The third-order valence-electron chi connectivity index (χ3n) is 7.40. The van der Waals surface area contributed by atoms with Crippen molar-refractivity contribution in [1.82, 2.24) is 30.1 Å². The molecule has 1 aliphatic heterocycles. The normalized spacial score (nSPS) is 15.6. The number of amides is 3. The molecule has 5 rings (SSSR count). The number of aromatic nitrogens is 3. The number of likely N-dealkylation sites (tertiary alicyclic amines) is 1. The van der Waals surface area contributed by atoms with Gasteiger partial charge in [0.15, 0.2) is 5.82 Å². The van der Waals surface area contributed by atoms with E-state index < -0.39 is 5.60 Å². The van der Waals surface area contributed by atoms with Crippen molar-refractivity contribution in [3.63, 3.8) is 0 Å². The molecule has 10 nitrogen and oxygen atoms in total. The van der Waals surface area contributed by atoms with Gasteiger partial charge in [-0.2, -0.15) is 0 Å². The highest BCUT2D eigenvalue weighted by Gasteiger charge is 2.40. The molecule has 1 saturated carbocycles. The van der Waals surface area contributed by atoms with Crippen LogP contribution in [0.5, 0.6) is 0 Å². The standard InChI is InChI=1S/C32H38N6O4/c1-32(2,3)42-31(41)37-16-12-27(13-17-37)38(26-8-9-26)30(40)25-20-35-29(36-21-25)24-6-4-22(5-7-24)18-28(39)34-19-23-10-14-33-15-11-23/h4-7,10-11,14-15,20-21,26-27H,8-9,12-13,16-19H2,1-3H3,(H,34,39). The minimum absolute atomic E-state index is 0.0607. The Morgan fingerprint density at radius 2 is 1.52 bits per heavy atom. The van der Waals surface area contributed by atoms with Crippen molar-refractivity contribution in [1.29, 1.82) is 0 Å². The Labute approximate surface area is 246 Å². The number of carbonyl (C=O) groups excluding carboxylic acids is 3. The number of hydrogen-bond acceptors (Lipinski definition) is 7. The summed E-state index contributed by atoms with van der Waals surface area (Å²) >= 11 is 0. The van der Waals surface area contributed by atoms with Gasteiger partial charge in [-0.3, -0.25) is 14.6 Å². The number of benzene rings is 1. The summed E-state index contributed by atoms with van der Waals surface area (Å²) in [6.07, 6.45) is 9.98. The molecule has 10 heteroatoms. The Balaban J connectivity index is 1.16. The first kappa shape index (κ1) is 29.2. The number of rotatable bonds is 8. The molecule has 0 unspecified atom stereocenters. The van der Waals surface area contributed by atoms with E-state index in [2.05, 4.69) is 20.3 Å². The lowest BCUT2D eigenvalue weighted by atomic mass is 10.0. The van der Waals surface area contributed by atoms with Crippen LogP contribution in [0, 0.1) is 0 Å². The van der Waals surface area contributed by atoms with Gasteiger partial charge in [0, 0.05) is 62.1 Å². The number of carbonyl (C=O) groups is 3. The fourth-order valence-corrected chi connectivity index (χ4v) is 5.09. The summed E-state index contributed by atoms with van der Waals surface area (Å²) in [4.78, 5) is 55.1. The molecule has 2 fully saturated rings. The van der Waals surface area contributed by atoms with Crippen molar-refractivity contribution in [2.75, 3.05) is 13.1 Å². The van der Waals surface area contributed by atoms with E-state index in [1.54, 1.807) is 29.7 Å². The second kappa shape index (κ2) is 12.7. The number of pyridine rings is 1. The van der Waals surface area contributed by atoms with Crippen LogP contribution in [0.3, 0.4) is 0 Å². The highest BCUT2D eigenvalue weighted by Crippen LogP contribution is 2.33. The summed E-state index contributed by atoms with van der Waals surface area (Å²) in [5.74, 6) is 0.395. The minimum atomic E-state index is -0.532. The lowest BCUT2D eigenvalue weighted by Crippen LogP contribution is -2.50. The van der Waals surface area contributed by atoms with Crippen LogP contribution in [-0.4, -0.2) is 73.4 Å². The van der Waals surface area contributed by atoms with E-state index >= 15 is 0 Å². The smallest absolute Gasteiger partial charge is 0.410 e. The van der Waals surface area contributed by atoms with Crippen molar-refractivity contribution in [2.24, 2.45) is 0 Å². The predicted octanol–water partition coefficient (Wildman–Crippen LogP) is 4.40. The predicted molar refractivity (Wildman–Crippen MR) is 157 cm³/mol. The Hall–Kier alpha value is -4.34. The Morgan fingerprint density at radius 1 is 0.905 bits per heavy atom. The summed E-state index contributed by atoms with van der Waals surface area (Å²) in [5, 5.41) is 2.92. The maximum absolute atomic E-state index is 13.6. The molecule has 3 heterocycles. The van der Waals surface area contributed by atoms with Gasteiger partial charge in [-0.05, 0) is 69.7 Å². The highest BCUT2D eigenvalue weighted by atomic mass is 16.6. The molecule has 0 spiro atoms. The van der Waals surface area contributed by atoms with E-state index in [0.717, 1.165) is 29.5 Å². The Morgan fingerprint density at radius 3 is 2.12 bits per heavy atom. The highest BCUT2D eigenvalue weighted by molar-refractivity contribution is 5.94. The van der Waals surface area contributed by atoms with Gasteiger partial charge in [-0.25, -0.2) is 14.8 Å². The van der Waals surface area contributed by atoms with E-state index in [4.69, 9.17) is 4.74 Å². The number of nitrogens with zero attached hydrogens (tertiary/aromatic N) is 5. The number of nitrogens with one attached hydrogen (secondary N) is 1. The fraction of sp³-hybridized carbons (Fsp3) is 0.438. The molecule has 2 aliphatic rings. The van der Waals surface area contributed by atoms with Crippen molar-refractivity contribution in [2.45, 2.75) is 77.1 Å². The van der Waals surface area contributed by atoms with Gasteiger partial charge in [-0.1, -0.05) is 24.3 Å². The SMILES string of the molecule is CC(C)(C)OC(=O)N1CCC(N(C(=O)c2cnc(-c3ccc(CC(=O)NCc4ccncc4)cc3)nc2)C2CC2)CC1. The molecule has 1 N–H and O–H groups in total. The molecule has 42 heavy (non-hydrogen) atoms. The van der Waals surface area contributed by atoms with Crippen LogP contribution in [0.25, 0.3) is 11.4 Å². The monoisotopic (exact) mass is 570 g/mol. The summed E-state index contributed by atoms with van der Waals surface area (Å²) in [6.45, 7) is 7.17. The van der Waals surface area contributed by atoms with E-state index in [0.29, 0.717) is 43.9 Å². The molecule has 0 atom stereocenters. The van der Waals surface area contributed by atoms with E-state index in [-0.39, 0.29) is 36.4 Å². The van der Waals surface area contributed by atoms with Crippen LogP contribution in [-0.2, 0) is 22.5 Å². The second-order valence-corrected chi connectivity index (χ2v) is 11.9. The maximum atomic E-state index is 13.6. The molecule has 1 saturated heterocycles. The minimum Gasteiger partial charge on any atom is -0.444 e. The molecule has 1 aliphatic carbocycles. The Kier molecular flexibility index (Phi) is 8.80. The lowest BCUT2D eigenvalue weighted by Gasteiger charge is -2.39. The van der Waals surface area contributed by atoms with Crippen LogP contribution < -0.4 is 5.32 Å². The lowest BCUT2D eigenvalue weighted by molar-refractivity contribution is -0.120. The van der Waals surface area contributed by atoms with Crippen LogP contribution in [0.15, 0.2) is 61.2 Å². The summed E-state index contributed by atoms with van der Waals surface area (Å²) in [7, 11) is 0. The molecule has 2 aromatic heterocycles. The van der Waals surface area contributed by atoms with Crippen molar-refractivity contribution >= 4 is 17.9 Å². The zero-order valence-electron chi connectivity index (χ0n) is 24.5. The molecule has 0 radical (unpaired) electrons. The average Bonchev–Trinajstić information content (AvgIpc) is 3.82. The zero-order chi connectivity index (χ0) is 29.7. The molecular formula is C32H38N6O4. The molecular weight excluding hydrogens is 532 g/mol. The first-order valence-corrected chi connectivity index (χ1v) is 14.5. The quantitative estimate of drug-likeness (QED) is 0.427. The van der Waals surface area contributed by atoms with Crippen LogP contribution in [0.2, 0.25) is 0 Å². The number of hydrogen-bond donors (Lipinski definition) is 1. The molecule has 3 aromatic rings. The molecule has 1 aromatic carbocycles. The summed E-state index contributed by atoms with van der Waals surface area (Å²) in [6, 6.07) is 11.6. The van der Waals surface area contributed by atoms with E-state index in [1.807, 2.05) is 62.1 Å². The van der Waals surface area contributed by atoms with Crippen molar-refractivity contribution < 1.29 is 19.1 Å². The van der Waals surface area contributed by atoms with Crippen molar-refractivity contribution in [3.8, 4) is 11.4 Å². The summed E-state index contributed by atoms with van der Waals surface area (Å²) in [5.41, 5.74) is 2.62. The van der Waals surface area contributed by atoms with Gasteiger partial charge in [0.2, 0.25) is 5.91 Å². The first-order valence-electron chi connectivity index (χ1n) is 14.5. The van der Waals surface area contributed by atoms with Crippen LogP contribution >= 0.6 is 0 Å². The topological polar surface area (TPSA) is 118 Å². The van der Waals surface area contributed by atoms with E-state index in [1.165, 1.54) is 0 Å². The molecule has 0 bridgehead atoms. The van der Waals surface area contributed by atoms with Gasteiger partial charge in [-0.15, -0.1) is 0 Å². The van der Waals surface area contributed by atoms with Crippen molar-refractivity contribution in [3.05, 3.63) is 77.9 Å². The largest absolute Gasteiger partial charge is 0.444 e. The van der Waals surface area contributed by atoms with Gasteiger partial charge in [0.1, 0.15) is 5.60 Å². The van der Waals surface area contributed by atoms with Crippen LogP contribution in [0.1, 0.15) is 67.9 Å². The molecule has 220 valence electrons. The van der Waals surface area contributed by atoms with Gasteiger partial charge in [0.25, 0.3) is 5.91 Å². The summed E-state index contributed by atoms with van der Waals surface area (Å²) < 4.78 is 5.52. The first-order chi connectivity index (χ1) is 20.2. The molecule has 3 amide bonds. The Bertz CT molecular complexity index is 1380. The fourth-order valence-electron chi connectivity index (χ4n) is 5.09. The van der Waals surface area contributed by atoms with Gasteiger partial charge >= 0.3 is 6.09 Å². The van der Waals surface area contributed by atoms with Gasteiger partial charge < -0.3 is 19.9 Å². The van der Waals surface area contributed by atoms with E-state index in [9.17, 15) is 14.4 Å². The van der Waals surface area contributed by atoms with Crippen LogP contribution in [0.4, 0.5) is 4.79 Å². The zero-order valence-corrected chi connectivity index (χ0v) is 24.5. The second-order valence-electron chi connectivity index (χ2n) is 11.9. The third kappa shape index (κ3) is 7.69. The average molecular weight is 571 g/mol. The number of ether oxygens (including phenoxy) is 1. The maximum Gasteiger partial charge on any atom is 0.410 e. The number of piperidine rings is 1. The third-order valence-corrected chi connectivity index (χ3v) is 7.40.